The molecule has 76 valence electrons. The van der Waals surface area contributed by atoms with Gasteiger partial charge in [-0.25, -0.2) is 0 Å². The van der Waals surface area contributed by atoms with Crippen molar-refractivity contribution in [1.82, 2.24) is 0 Å². The average molecular weight is 195 g/mol. The van der Waals surface area contributed by atoms with Crippen molar-refractivity contribution < 1.29 is 14.3 Å². The van der Waals surface area contributed by atoms with Gasteiger partial charge in [0.05, 0.1) is 13.0 Å². The second kappa shape index (κ2) is 4.09. The number of nitrogens with two attached hydrogens (primary N) is 1. The summed E-state index contributed by atoms with van der Waals surface area (Å²) >= 11 is 0. The molecule has 14 heavy (non-hydrogen) atoms. The Morgan fingerprint density at radius 1 is 1.57 bits per heavy atom. The minimum Gasteiger partial charge on any atom is -0.469 e. The average Bonchev–Trinajstić information content (AvgIpc) is 2.15. The number of hydrogen-bond acceptors (Lipinski definition) is 3. The van der Waals surface area contributed by atoms with Crippen LogP contribution in [0.2, 0.25) is 0 Å². The third-order valence-corrected chi connectivity index (χ3v) is 2.25. The SMILES string of the molecule is COC(=O)C1C=CC(C(N)=O)=C(C)C1. The zero-order valence-electron chi connectivity index (χ0n) is 8.24. The van der Waals surface area contributed by atoms with E-state index < -0.39 is 5.91 Å². The zero-order valence-corrected chi connectivity index (χ0v) is 8.24. The van der Waals surface area contributed by atoms with Crippen LogP contribution in [0, 0.1) is 5.92 Å². The molecule has 1 unspecified atom stereocenters. The fourth-order valence-corrected chi connectivity index (χ4v) is 1.47. The summed E-state index contributed by atoms with van der Waals surface area (Å²) in [6.07, 6.45) is 3.74. The van der Waals surface area contributed by atoms with E-state index in [1.54, 1.807) is 19.1 Å². The Bertz CT molecular complexity index is 328. The number of methoxy groups -OCH3 is 1. The fourth-order valence-electron chi connectivity index (χ4n) is 1.47. The predicted octanol–water partition coefficient (Wildman–Crippen LogP) is 0.537. The molecule has 4 nitrogen and oxygen atoms in total. The summed E-state index contributed by atoms with van der Waals surface area (Å²) in [5.41, 5.74) is 6.47. The number of ether oxygens (including phenoxy) is 1. The summed E-state index contributed by atoms with van der Waals surface area (Å²) in [7, 11) is 1.35. The number of esters is 1. The molecule has 4 heteroatoms. The lowest BCUT2D eigenvalue weighted by atomic mass is 9.90. The van der Waals surface area contributed by atoms with Gasteiger partial charge in [-0.1, -0.05) is 17.7 Å². The highest BCUT2D eigenvalue weighted by Gasteiger charge is 2.22. The molecule has 0 heterocycles. The standard InChI is InChI=1S/C10H13NO3/c1-6-5-7(10(13)14-2)3-4-8(6)9(11)12/h3-4,7H,5H2,1-2H3,(H2,11,12). The van der Waals surface area contributed by atoms with Crippen LogP contribution in [-0.2, 0) is 14.3 Å². The van der Waals surface area contributed by atoms with Crippen LogP contribution >= 0.6 is 0 Å². The number of amides is 1. The van der Waals surface area contributed by atoms with Crippen LogP contribution in [-0.4, -0.2) is 19.0 Å². The van der Waals surface area contributed by atoms with E-state index in [1.165, 1.54) is 7.11 Å². The highest BCUT2D eigenvalue weighted by Crippen LogP contribution is 2.23. The molecule has 0 spiro atoms. The maximum Gasteiger partial charge on any atom is 0.312 e. The highest BCUT2D eigenvalue weighted by molar-refractivity contribution is 5.96. The molecule has 1 atom stereocenters. The Hall–Kier alpha value is -1.58. The van der Waals surface area contributed by atoms with Gasteiger partial charge in [0.25, 0.3) is 0 Å². The second-order valence-corrected chi connectivity index (χ2v) is 3.25. The van der Waals surface area contributed by atoms with Crippen molar-refractivity contribution in [3.63, 3.8) is 0 Å². The molecule has 0 aromatic rings. The number of carbonyl (C=O) groups excluding carboxylic acids is 2. The lowest BCUT2D eigenvalue weighted by Crippen LogP contribution is -2.21. The third kappa shape index (κ3) is 2.02. The quantitative estimate of drug-likeness (QED) is 0.654. The molecule has 1 aliphatic carbocycles. The van der Waals surface area contributed by atoms with Crippen molar-refractivity contribution in [2.24, 2.45) is 11.7 Å². The second-order valence-electron chi connectivity index (χ2n) is 3.25. The van der Waals surface area contributed by atoms with Gasteiger partial charge >= 0.3 is 5.97 Å². The summed E-state index contributed by atoms with van der Waals surface area (Å²) in [5, 5.41) is 0. The van der Waals surface area contributed by atoms with Crippen LogP contribution < -0.4 is 5.73 Å². The van der Waals surface area contributed by atoms with Gasteiger partial charge in [0.2, 0.25) is 5.91 Å². The zero-order chi connectivity index (χ0) is 10.7. The number of carbonyl (C=O) groups is 2. The lowest BCUT2D eigenvalue weighted by Gasteiger charge is -2.16. The van der Waals surface area contributed by atoms with E-state index in [0.717, 1.165) is 5.57 Å². The summed E-state index contributed by atoms with van der Waals surface area (Å²) in [4.78, 5) is 22.1. The Balaban J connectivity index is 2.81. The van der Waals surface area contributed by atoms with Crippen LogP contribution in [0.25, 0.3) is 0 Å². The van der Waals surface area contributed by atoms with Crippen molar-refractivity contribution >= 4 is 11.9 Å². The van der Waals surface area contributed by atoms with Gasteiger partial charge in [-0.2, -0.15) is 0 Å². The molecular weight excluding hydrogens is 182 g/mol. The molecule has 0 aromatic carbocycles. The largest absolute Gasteiger partial charge is 0.469 e. The van der Waals surface area contributed by atoms with Crippen LogP contribution in [0.4, 0.5) is 0 Å². The summed E-state index contributed by atoms with van der Waals surface area (Å²) in [6.45, 7) is 1.79. The Kier molecular flexibility index (Phi) is 3.06. The molecule has 1 aliphatic rings. The first-order chi connectivity index (χ1) is 6.56. The van der Waals surface area contributed by atoms with Crippen molar-refractivity contribution in [3.05, 3.63) is 23.3 Å². The van der Waals surface area contributed by atoms with Crippen molar-refractivity contribution in [2.45, 2.75) is 13.3 Å². The van der Waals surface area contributed by atoms with Gasteiger partial charge in [0.1, 0.15) is 0 Å². The number of allylic oxidation sites excluding steroid dienone is 1. The van der Waals surface area contributed by atoms with Gasteiger partial charge in [-0.05, 0) is 13.3 Å². The first kappa shape index (κ1) is 10.5. The lowest BCUT2D eigenvalue weighted by molar-refractivity contribution is -0.143. The van der Waals surface area contributed by atoms with Crippen LogP contribution in [0.1, 0.15) is 13.3 Å². The Labute approximate surface area is 82.4 Å². The van der Waals surface area contributed by atoms with Crippen LogP contribution in [0.3, 0.4) is 0 Å². The molecule has 0 fully saturated rings. The van der Waals surface area contributed by atoms with E-state index >= 15 is 0 Å². The summed E-state index contributed by atoms with van der Waals surface area (Å²) in [6, 6.07) is 0. The third-order valence-electron chi connectivity index (χ3n) is 2.25. The molecule has 0 saturated heterocycles. The van der Waals surface area contributed by atoms with Gasteiger partial charge in [-0.3, -0.25) is 9.59 Å². The summed E-state index contributed by atoms with van der Waals surface area (Å²) < 4.78 is 4.60. The monoisotopic (exact) mass is 195 g/mol. The normalized spacial score (nSPS) is 20.9. The first-order valence-electron chi connectivity index (χ1n) is 4.32. The van der Waals surface area contributed by atoms with E-state index in [4.69, 9.17) is 5.73 Å². The van der Waals surface area contributed by atoms with Crippen LogP contribution in [0.15, 0.2) is 23.3 Å². The van der Waals surface area contributed by atoms with Gasteiger partial charge in [0.15, 0.2) is 0 Å². The number of primary amides is 1. The van der Waals surface area contributed by atoms with E-state index in [-0.39, 0.29) is 11.9 Å². The molecule has 0 aromatic heterocycles. The number of rotatable bonds is 2. The van der Waals surface area contributed by atoms with Gasteiger partial charge < -0.3 is 10.5 Å². The topological polar surface area (TPSA) is 69.4 Å². The predicted molar refractivity (Wildman–Crippen MR) is 51.2 cm³/mol. The van der Waals surface area contributed by atoms with E-state index in [2.05, 4.69) is 4.74 Å². The van der Waals surface area contributed by atoms with E-state index in [1.807, 2.05) is 0 Å². The van der Waals surface area contributed by atoms with Gasteiger partial charge in [-0.15, -0.1) is 0 Å². The molecule has 0 bridgehead atoms. The van der Waals surface area contributed by atoms with Gasteiger partial charge in [0, 0.05) is 5.57 Å². The van der Waals surface area contributed by atoms with E-state index in [0.29, 0.717) is 12.0 Å². The molecule has 2 N–H and O–H groups in total. The highest BCUT2D eigenvalue weighted by atomic mass is 16.5. The maximum absolute atomic E-state index is 11.2. The molecule has 0 aliphatic heterocycles. The smallest absolute Gasteiger partial charge is 0.312 e. The first-order valence-corrected chi connectivity index (χ1v) is 4.32. The van der Waals surface area contributed by atoms with Crippen molar-refractivity contribution in [3.8, 4) is 0 Å². The maximum atomic E-state index is 11.2. The number of hydrogen-bond donors (Lipinski definition) is 1. The fraction of sp³-hybridized carbons (Fsp3) is 0.400. The van der Waals surface area contributed by atoms with E-state index in [9.17, 15) is 9.59 Å². The summed E-state index contributed by atoms with van der Waals surface area (Å²) in [5.74, 6) is -1.03. The Morgan fingerprint density at radius 2 is 2.21 bits per heavy atom. The minimum absolute atomic E-state index is 0.288. The molecular formula is C10H13NO3. The van der Waals surface area contributed by atoms with Crippen LogP contribution in [0.5, 0.6) is 0 Å². The Morgan fingerprint density at radius 3 is 2.64 bits per heavy atom. The van der Waals surface area contributed by atoms with Crippen molar-refractivity contribution in [1.29, 1.82) is 0 Å². The van der Waals surface area contributed by atoms with Crippen molar-refractivity contribution in [2.75, 3.05) is 7.11 Å². The molecule has 0 radical (unpaired) electrons. The molecule has 1 rings (SSSR count). The minimum atomic E-state index is -0.456. The molecule has 1 amide bonds. The molecule has 0 saturated carbocycles.